The van der Waals surface area contributed by atoms with E-state index >= 15 is 0 Å². The molecule has 0 atom stereocenters. The van der Waals surface area contributed by atoms with Crippen molar-refractivity contribution in [3.05, 3.63) is 0 Å². The molecule has 10 heteroatoms. The monoisotopic (exact) mass is 242 g/mol. The van der Waals surface area contributed by atoms with Gasteiger partial charge in [0, 0.05) is 0 Å². The Bertz CT molecular complexity index is 220. The van der Waals surface area contributed by atoms with Crippen molar-refractivity contribution in [3.8, 4) is 0 Å². The van der Waals surface area contributed by atoms with Crippen molar-refractivity contribution in [1.82, 2.24) is 0 Å². The van der Waals surface area contributed by atoms with Crippen LogP contribution in [0.5, 0.6) is 0 Å². The minimum Gasteiger partial charge on any atom is -1.00 e. The fourth-order valence-electron chi connectivity index (χ4n) is 0.131. The summed E-state index contributed by atoms with van der Waals surface area (Å²) < 4.78 is 85.0. The Balaban J connectivity index is -0.000000500. The Morgan fingerprint density at radius 3 is 1.00 bits per heavy atom. The fraction of sp³-hybridized carbons (Fsp3) is 1.00. The molecule has 0 saturated heterocycles. The third-order valence-corrected chi connectivity index (χ3v) is 1.83. The van der Waals surface area contributed by atoms with E-state index in [4.69, 9.17) is 0 Å². The molecule has 0 N–H and O–H groups in total. The molecule has 0 unspecified atom stereocenters. The minimum absolute atomic E-state index is 0. The van der Waals surface area contributed by atoms with Crippen LogP contribution in [-0.2, 0) is 9.84 Å². The van der Waals surface area contributed by atoms with Crippen molar-refractivity contribution in [3.63, 3.8) is 0 Å². The van der Waals surface area contributed by atoms with Crippen LogP contribution < -0.4 is 51.4 Å². The number of sulfone groups is 1. The maximum atomic E-state index is 11.0. The second-order valence-corrected chi connectivity index (χ2v) is 3.33. The quantitative estimate of drug-likeness (QED) is 0.385. The van der Waals surface area contributed by atoms with E-state index in [1.54, 1.807) is 0 Å². The predicted molar refractivity (Wildman–Crippen MR) is 22.1 cm³/mol. The number of alkyl halides is 6. The largest absolute Gasteiger partial charge is 1.00 e. The molecule has 0 aromatic carbocycles. The minimum atomic E-state index is -7.01. The summed E-state index contributed by atoms with van der Waals surface area (Å²) in [5.74, 6) is 0. The molecule has 0 fully saturated rings. The Morgan fingerprint density at radius 1 is 0.833 bits per heavy atom. The van der Waals surface area contributed by atoms with E-state index in [1.165, 1.54) is 0 Å². The van der Waals surface area contributed by atoms with Crippen LogP contribution in [0, 0.1) is 0 Å². The molecule has 0 aliphatic heterocycles. The van der Waals surface area contributed by atoms with Crippen molar-refractivity contribution in [2.45, 2.75) is 11.0 Å². The third-order valence-electron chi connectivity index (χ3n) is 0.609. The summed E-state index contributed by atoms with van der Waals surface area (Å²) in [6.45, 7) is 0. The summed E-state index contributed by atoms with van der Waals surface area (Å²) in [4.78, 5) is 0. The average molecular weight is 242 g/mol. The van der Waals surface area contributed by atoms with Gasteiger partial charge in [-0.25, -0.2) is 8.42 Å². The van der Waals surface area contributed by atoms with Crippen LogP contribution in [0.4, 0.5) is 26.3 Å². The van der Waals surface area contributed by atoms with Gasteiger partial charge in [0.05, 0.1) is 0 Å². The fourth-order valence-corrected chi connectivity index (χ4v) is 0.394. The van der Waals surface area contributed by atoms with Crippen LogP contribution >= 0.6 is 0 Å². The molecule has 70 valence electrons. The maximum absolute atomic E-state index is 11.0. The molecular formula is C2HF6KO2S. The molecule has 0 spiro atoms. The SMILES string of the molecule is O=S(=O)(C(F)(F)F)C(F)(F)F.[H-].[K+]. The number of hydrogen-bond acceptors (Lipinski definition) is 2. The van der Waals surface area contributed by atoms with Gasteiger partial charge in [0.15, 0.2) is 0 Å². The smallest absolute Gasteiger partial charge is 1.00 e. The normalized spacial score (nSPS) is 13.8. The first-order valence-corrected chi connectivity index (χ1v) is 3.36. The molecule has 0 heterocycles. The summed E-state index contributed by atoms with van der Waals surface area (Å²) in [5, 5.41) is 0. The first kappa shape index (κ1) is 15.6. The zero-order valence-corrected chi connectivity index (χ0v) is 9.43. The van der Waals surface area contributed by atoms with Crippen LogP contribution in [0.2, 0.25) is 0 Å². The van der Waals surface area contributed by atoms with Gasteiger partial charge in [-0.3, -0.25) is 0 Å². The summed E-state index contributed by atoms with van der Waals surface area (Å²) in [6.07, 6.45) is 0. The van der Waals surface area contributed by atoms with Gasteiger partial charge in [0.25, 0.3) is 0 Å². The number of hydrogen-bond donors (Lipinski definition) is 0. The van der Waals surface area contributed by atoms with E-state index in [9.17, 15) is 34.8 Å². The van der Waals surface area contributed by atoms with Crippen LogP contribution in [-0.4, -0.2) is 19.4 Å². The van der Waals surface area contributed by atoms with Gasteiger partial charge >= 0.3 is 72.2 Å². The summed E-state index contributed by atoms with van der Waals surface area (Å²) in [5.41, 5.74) is -12.5. The second-order valence-electron chi connectivity index (χ2n) is 1.39. The van der Waals surface area contributed by atoms with Crippen LogP contribution in [0.25, 0.3) is 0 Å². The molecule has 0 saturated carbocycles. The van der Waals surface area contributed by atoms with Gasteiger partial charge in [-0.15, -0.1) is 0 Å². The molecule has 0 radical (unpaired) electrons. The van der Waals surface area contributed by atoms with Gasteiger partial charge < -0.3 is 1.43 Å². The molecule has 0 aromatic rings. The zero-order chi connectivity index (χ0) is 9.50. The van der Waals surface area contributed by atoms with E-state index in [1.807, 2.05) is 0 Å². The molecule has 0 aromatic heterocycles. The van der Waals surface area contributed by atoms with E-state index in [2.05, 4.69) is 0 Å². The summed E-state index contributed by atoms with van der Waals surface area (Å²) in [7, 11) is -7.01. The van der Waals surface area contributed by atoms with Gasteiger partial charge in [-0.05, 0) is 0 Å². The van der Waals surface area contributed by atoms with Gasteiger partial charge in [0.1, 0.15) is 0 Å². The Kier molecular flexibility index (Phi) is 5.38. The molecule has 12 heavy (non-hydrogen) atoms. The van der Waals surface area contributed by atoms with Crippen molar-refractivity contribution < 1.29 is 87.6 Å². The van der Waals surface area contributed by atoms with Gasteiger partial charge in [-0.1, -0.05) is 0 Å². The summed E-state index contributed by atoms with van der Waals surface area (Å²) in [6, 6.07) is 0. The van der Waals surface area contributed by atoms with E-state index in [0.29, 0.717) is 0 Å². The van der Waals surface area contributed by atoms with Crippen LogP contribution in [0.3, 0.4) is 0 Å². The molecule has 0 aliphatic rings. The van der Waals surface area contributed by atoms with E-state index in [0.717, 1.165) is 0 Å². The van der Waals surface area contributed by atoms with Crippen LogP contribution in [0.15, 0.2) is 0 Å². The average Bonchev–Trinajstić information content (AvgIpc) is 1.58. The van der Waals surface area contributed by atoms with Gasteiger partial charge in [-0.2, -0.15) is 26.3 Å². The topological polar surface area (TPSA) is 34.1 Å². The zero-order valence-electron chi connectivity index (χ0n) is 6.49. The number of halogens is 6. The first-order chi connectivity index (χ1) is 4.50. The van der Waals surface area contributed by atoms with Crippen molar-refractivity contribution in [2.75, 3.05) is 0 Å². The van der Waals surface area contributed by atoms with Crippen molar-refractivity contribution >= 4 is 9.84 Å². The first-order valence-electron chi connectivity index (χ1n) is 1.88. The Morgan fingerprint density at radius 2 is 1.00 bits per heavy atom. The Hall–Kier alpha value is 1.17. The second kappa shape index (κ2) is 4.13. The van der Waals surface area contributed by atoms with Crippen LogP contribution in [0.1, 0.15) is 1.43 Å². The van der Waals surface area contributed by atoms with Crippen molar-refractivity contribution in [1.29, 1.82) is 0 Å². The molecule has 0 aliphatic carbocycles. The summed E-state index contributed by atoms with van der Waals surface area (Å²) >= 11 is 0. The van der Waals surface area contributed by atoms with E-state index < -0.39 is 20.9 Å². The predicted octanol–water partition coefficient (Wildman–Crippen LogP) is -1.44. The van der Waals surface area contributed by atoms with E-state index in [-0.39, 0.29) is 52.8 Å². The maximum Gasteiger partial charge on any atom is 1.00 e. The molecule has 0 bridgehead atoms. The van der Waals surface area contributed by atoms with Crippen molar-refractivity contribution in [2.24, 2.45) is 0 Å². The molecule has 2 nitrogen and oxygen atoms in total. The standard InChI is InChI=1S/C2F6O2S.K.H/c3-1(4,5)11(9,10)2(6,7)8;;/q;+1;-1. The number of rotatable bonds is 0. The molecular weight excluding hydrogens is 241 g/mol. The van der Waals surface area contributed by atoms with Gasteiger partial charge in [0.2, 0.25) is 0 Å². The Labute approximate surface area is 107 Å². The molecule has 0 amide bonds. The molecule has 0 rings (SSSR count). The third kappa shape index (κ3) is 3.14.